The molecule has 60 valence electrons. The molecule has 0 saturated heterocycles. The topological polar surface area (TPSA) is 17.1 Å². The van der Waals surface area contributed by atoms with E-state index in [0.29, 0.717) is 0 Å². The summed E-state index contributed by atoms with van der Waals surface area (Å²) in [4.78, 5) is 11.1. The molecule has 1 aliphatic carbocycles. The normalized spacial score (nSPS) is 21.1. The Kier molecular flexibility index (Phi) is 1.99. The molecule has 0 unspecified atom stereocenters. The molecule has 11 heavy (non-hydrogen) atoms. The minimum Gasteiger partial charge on any atom is -0.290 e. The molecule has 0 saturated carbocycles. The van der Waals surface area contributed by atoms with Crippen LogP contribution in [0.1, 0.15) is 26.7 Å². The van der Waals surface area contributed by atoms with E-state index in [2.05, 4.69) is 20.4 Å². The highest BCUT2D eigenvalue weighted by Crippen LogP contribution is 2.36. The fourth-order valence-corrected chi connectivity index (χ4v) is 1.38. The number of allylic oxidation sites excluding steroid dienone is 3. The van der Waals surface area contributed by atoms with Crippen LogP contribution in [0.25, 0.3) is 0 Å². The number of hydrogen-bond acceptors (Lipinski definition) is 1. The highest BCUT2D eigenvalue weighted by Gasteiger charge is 2.26. The zero-order chi connectivity index (χ0) is 8.48. The molecule has 1 rings (SSSR count). The van der Waals surface area contributed by atoms with Gasteiger partial charge in [0.15, 0.2) is 5.78 Å². The van der Waals surface area contributed by atoms with Crippen LogP contribution in [0.15, 0.2) is 24.3 Å². The first-order valence-corrected chi connectivity index (χ1v) is 3.91. The molecule has 1 nitrogen and oxygen atoms in total. The van der Waals surface area contributed by atoms with Crippen molar-refractivity contribution in [2.24, 2.45) is 5.41 Å². The lowest BCUT2D eigenvalue weighted by Crippen LogP contribution is -2.07. The number of rotatable bonds is 2. The molecule has 0 aromatic rings. The van der Waals surface area contributed by atoms with Crippen LogP contribution in [0.4, 0.5) is 0 Å². The average molecular weight is 150 g/mol. The van der Waals surface area contributed by atoms with Gasteiger partial charge >= 0.3 is 0 Å². The van der Waals surface area contributed by atoms with Gasteiger partial charge in [-0.05, 0) is 29.9 Å². The maximum Gasteiger partial charge on any atom is 0.180 e. The molecule has 0 spiro atoms. The monoisotopic (exact) mass is 150 g/mol. The smallest absolute Gasteiger partial charge is 0.180 e. The van der Waals surface area contributed by atoms with Crippen LogP contribution in [0.2, 0.25) is 0 Å². The Hall–Kier alpha value is -0.850. The second-order valence-electron chi connectivity index (χ2n) is 3.84. The zero-order valence-electron chi connectivity index (χ0n) is 7.18. The molecular formula is C10H14O. The Morgan fingerprint density at radius 3 is 2.73 bits per heavy atom. The van der Waals surface area contributed by atoms with Gasteiger partial charge in [-0.2, -0.15) is 0 Å². The Labute approximate surface area is 67.8 Å². The summed E-state index contributed by atoms with van der Waals surface area (Å²) in [6.45, 7) is 7.81. The van der Waals surface area contributed by atoms with Gasteiger partial charge in [0.25, 0.3) is 0 Å². The minimum absolute atomic E-state index is 0.0931. The first-order chi connectivity index (χ1) is 5.05. The van der Waals surface area contributed by atoms with E-state index in [1.54, 1.807) is 0 Å². The molecule has 0 bridgehead atoms. The second kappa shape index (κ2) is 2.65. The van der Waals surface area contributed by atoms with Crippen molar-refractivity contribution in [2.75, 3.05) is 0 Å². The summed E-state index contributed by atoms with van der Waals surface area (Å²) in [5.41, 5.74) is 1.22. The van der Waals surface area contributed by atoms with Crippen LogP contribution in [0.3, 0.4) is 0 Å². The van der Waals surface area contributed by atoms with Gasteiger partial charge in [-0.15, -0.1) is 0 Å². The summed E-state index contributed by atoms with van der Waals surface area (Å²) in [5, 5.41) is 0. The molecule has 1 aliphatic rings. The fourth-order valence-electron chi connectivity index (χ4n) is 1.38. The summed E-state index contributed by atoms with van der Waals surface area (Å²) in [6.07, 6.45) is 5.34. The molecule has 0 aromatic heterocycles. The molecule has 0 radical (unpaired) electrons. The van der Waals surface area contributed by atoms with Crippen molar-refractivity contribution in [3.8, 4) is 0 Å². The average Bonchev–Trinajstić information content (AvgIpc) is 2.29. The van der Waals surface area contributed by atoms with Crippen LogP contribution in [0.5, 0.6) is 0 Å². The molecule has 0 heterocycles. The van der Waals surface area contributed by atoms with E-state index >= 15 is 0 Å². The standard InChI is InChI=1S/C10H14O/c1-4-9(11)8-5-6-10(2,3)7-8/h4-5H,1,6-7H2,2-3H3. The maximum atomic E-state index is 11.1. The third-order valence-corrected chi connectivity index (χ3v) is 2.07. The summed E-state index contributed by atoms with van der Waals surface area (Å²) >= 11 is 0. The fraction of sp³-hybridized carbons (Fsp3) is 0.500. The Morgan fingerprint density at radius 2 is 2.36 bits per heavy atom. The SMILES string of the molecule is C=CC(=O)C1=CCC(C)(C)C1. The lowest BCUT2D eigenvalue weighted by atomic mass is 9.89. The van der Waals surface area contributed by atoms with Crippen molar-refractivity contribution in [3.05, 3.63) is 24.3 Å². The van der Waals surface area contributed by atoms with Gasteiger partial charge < -0.3 is 0 Å². The van der Waals surface area contributed by atoms with Crippen molar-refractivity contribution in [3.63, 3.8) is 0 Å². The van der Waals surface area contributed by atoms with E-state index in [0.717, 1.165) is 18.4 Å². The highest BCUT2D eigenvalue weighted by molar-refractivity contribution is 6.03. The minimum atomic E-state index is 0.0931. The maximum absolute atomic E-state index is 11.1. The number of carbonyl (C=O) groups is 1. The molecule has 0 amide bonds. The number of ketones is 1. The quantitative estimate of drug-likeness (QED) is 0.553. The van der Waals surface area contributed by atoms with Gasteiger partial charge in [-0.25, -0.2) is 0 Å². The predicted molar refractivity (Wildman–Crippen MR) is 46.3 cm³/mol. The van der Waals surface area contributed by atoms with Crippen LogP contribution >= 0.6 is 0 Å². The molecule has 0 fully saturated rings. The molecular weight excluding hydrogens is 136 g/mol. The Morgan fingerprint density at radius 1 is 1.73 bits per heavy atom. The van der Waals surface area contributed by atoms with Gasteiger partial charge in [0.2, 0.25) is 0 Å². The van der Waals surface area contributed by atoms with Crippen molar-refractivity contribution in [2.45, 2.75) is 26.7 Å². The largest absolute Gasteiger partial charge is 0.290 e. The van der Waals surface area contributed by atoms with Crippen molar-refractivity contribution in [1.29, 1.82) is 0 Å². The summed E-state index contributed by atoms with van der Waals surface area (Å²) in [5.74, 6) is 0.0931. The zero-order valence-corrected chi connectivity index (χ0v) is 7.18. The predicted octanol–water partition coefficient (Wildman–Crippen LogP) is 2.49. The lowest BCUT2D eigenvalue weighted by Gasteiger charge is -2.15. The van der Waals surface area contributed by atoms with Crippen molar-refractivity contribution in [1.82, 2.24) is 0 Å². The van der Waals surface area contributed by atoms with Gasteiger partial charge in [0.05, 0.1) is 0 Å². The Bertz CT molecular complexity index is 221. The van der Waals surface area contributed by atoms with Crippen LogP contribution in [-0.4, -0.2) is 5.78 Å². The third-order valence-electron chi connectivity index (χ3n) is 2.07. The third kappa shape index (κ3) is 1.79. The molecule has 0 aromatic carbocycles. The first kappa shape index (κ1) is 8.25. The van der Waals surface area contributed by atoms with E-state index in [1.807, 2.05) is 6.08 Å². The van der Waals surface area contributed by atoms with Crippen LogP contribution < -0.4 is 0 Å². The lowest BCUT2D eigenvalue weighted by molar-refractivity contribution is -0.111. The molecule has 0 N–H and O–H groups in total. The Balaban J connectivity index is 2.67. The van der Waals surface area contributed by atoms with Crippen molar-refractivity contribution >= 4 is 5.78 Å². The molecule has 0 atom stereocenters. The summed E-state index contributed by atoms with van der Waals surface area (Å²) in [6, 6.07) is 0. The van der Waals surface area contributed by atoms with E-state index in [9.17, 15) is 4.79 Å². The highest BCUT2D eigenvalue weighted by atomic mass is 16.1. The molecule has 0 aliphatic heterocycles. The van der Waals surface area contributed by atoms with Gasteiger partial charge in [-0.3, -0.25) is 4.79 Å². The summed E-state index contributed by atoms with van der Waals surface area (Å²) in [7, 11) is 0. The summed E-state index contributed by atoms with van der Waals surface area (Å²) < 4.78 is 0. The van der Waals surface area contributed by atoms with Gasteiger partial charge in [-0.1, -0.05) is 26.5 Å². The number of hydrogen-bond donors (Lipinski definition) is 0. The van der Waals surface area contributed by atoms with E-state index in [-0.39, 0.29) is 11.2 Å². The van der Waals surface area contributed by atoms with Crippen LogP contribution in [-0.2, 0) is 4.79 Å². The van der Waals surface area contributed by atoms with E-state index in [4.69, 9.17) is 0 Å². The second-order valence-corrected chi connectivity index (χ2v) is 3.84. The van der Waals surface area contributed by atoms with Gasteiger partial charge in [0, 0.05) is 0 Å². The molecule has 1 heteroatoms. The van der Waals surface area contributed by atoms with Crippen LogP contribution in [0, 0.1) is 5.41 Å². The van der Waals surface area contributed by atoms with Gasteiger partial charge in [0.1, 0.15) is 0 Å². The van der Waals surface area contributed by atoms with E-state index in [1.165, 1.54) is 6.08 Å². The number of carbonyl (C=O) groups excluding carboxylic acids is 1. The first-order valence-electron chi connectivity index (χ1n) is 3.91. The van der Waals surface area contributed by atoms with Crippen molar-refractivity contribution < 1.29 is 4.79 Å². The van der Waals surface area contributed by atoms with E-state index < -0.39 is 0 Å².